The number of carbonyl (C=O) groups excluding carboxylic acids is 1. The molecule has 5 nitrogen and oxygen atoms in total. The standard InChI is InChI=1S/C6H12N2O3/c7-1-5-10-2-4(3-11-5)6(8)9/h4-5H,1-3,7H2,(H2,8,9). The Morgan fingerprint density at radius 3 is 2.36 bits per heavy atom. The molecule has 1 saturated heterocycles. The van der Waals surface area contributed by atoms with Crippen molar-refractivity contribution in [2.75, 3.05) is 19.8 Å². The molecule has 0 saturated carbocycles. The zero-order valence-corrected chi connectivity index (χ0v) is 6.16. The van der Waals surface area contributed by atoms with Crippen LogP contribution in [0.25, 0.3) is 0 Å². The molecule has 0 unspecified atom stereocenters. The Hall–Kier alpha value is -0.650. The van der Waals surface area contributed by atoms with Crippen LogP contribution in [0.15, 0.2) is 0 Å². The van der Waals surface area contributed by atoms with E-state index in [0.717, 1.165) is 0 Å². The number of primary amides is 1. The Labute approximate surface area is 64.6 Å². The van der Waals surface area contributed by atoms with Gasteiger partial charge in [-0.1, -0.05) is 0 Å². The summed E-state index contributed by atoms with van der Waals surface area (Å²) in [6.45, 7) is 0.944. The molecule has 0 aromatic carbocycles. The lowest BCUT2D eigenvalue weighted by atomic mass is 10.1. The van der Waals surface area contributed by atoms with Gasteiger partial charge in [0.05, 0.1) is 19.1 Å². The Morgan fingerprint density at radius 1 is 1.45 bits per heavy atom. The molecule has 11 heavy (non-hydrogen) atoms. The van der Waals surface area contributed by atoms with E-state index in [1.54, 1.807) is 0 Å². The lowest BCUT2D eigenvalue weighted by Crippen LogP contribution is -2.42. The molecule has 1 heterocycles. The predicted octanol–water partition coefficient (Wildman–Crippen LogP) is -1.58. The molecule has 0 aromatic heterocycles. The third-order valence-electron chi connectivity index (χ3n) is 1.56. The topological polar surface area (TPSA) is 87.6 Å². The van der Waals surface area contributed by atoms with Crippen molar-refractivity contribution < 1.29 is 14.3 Å². The third-order valence-corrected chi connectivity index (χ3v) is 1.56. The van der Waals surface area contributed by atoms with Crippen LogP contribution in [-0.4, -0.2) is 32.0 Å². The molecule has 1 aliphatic heterocycles. The number of nitrogens with two attached hydrogens (primary N) is 2. The van der Waals surface area contributed by atoms with E-state index in [4.69, 9.17) is 20.9 Å². The molecule has 1 aliphatic rings. The van der Waals surface area contributed by atoms with Gasteiger partial charge in [0.15, 0.2) is 6.29 Å². The number of ether oxygens (including phenoxy) is 2. The van der Waals surface area contributed by atoms with E-state index in [1.165, 1.54) is 0 Å². The highest BCUT2D eigenvalue weighted by atomic mass is 16.7. The summed E-state index contributed by atoms with van der Waals surface area (Å²) in [5.74, 6) is -0.710. The maximum atomic E-state index is 10.6. The summed E-state index contributed by atoms with van der Waals surface area (Å²) >= 11 is 0. The minimum atomic E-state index is -0.388. The van der Waals surface area contributed by atoms with Crippen LogP contribution in [-0.2, 0) is 14.3 Å². The first kappa shape index (κ1) is 8.45. The molecule has 1 fully saturated rings. The fraction of sp³-hybridized carbons (Fsp3) is 0.833. The minimum absolute atomic E-state index is 0.311. The van der Waals surface area contributed by atoms with E-state index in [9.17, 15) is 4.79 Å². The van der Waals surface area contributed by atoms with Crippen molar-refractivity contribution in [2.45, 2.75) is 6.29 Å². The van der Waals surface area contributed by atoms with E-state index >= 15 is 0 Å². The molecule has 5 heteroatoms. The van der Waals surface area contributed by atoms with Crippen molar-refractivity contribution in [3.8, 4) is 0 Å². The smallest absolute Gasteiger partial charge is 0.225 e. The van der Waals surface area contributed by atoms with Gasteiger partial charge in [-0.2, -0.15) is 0 Å². The molecule has 0 aromatic rings. The van der Waals surface area contributed by atoms with Crippen LogP contribution in [0.2, 0.25) is 0 Å². The summed E-state index contributed by atoms with van der Waals surface area (Å²) in [6, 6.07) is 0. The second kappa shape index (κ2) is 3.66. The number of carbonyl (C=O) groups is 1. The highest BCUT2D eigenvalue weighted by Gasteiger charge is 2.24. The fourth-order valence-electron chi connectivity index (χ4n) is 0.844. The molecule has 64 valence electrons. The summed E-state index contributed by atoms with van der Waals surface area (Å²) in [5.41, 5.74) is 10.3. The fourth-order valence-corrected chi connectivity index (χ4v) is 0.844. The number of rotatable bonds is 2. The second-order valence-corrected chi connectivity index (χ2v) is 2.43. The van der Waals surface area contributed by atoms with E-state index in [-0.39, 0.29) is 18.1 Å². The van der Waals surface area contributed by atoms with Crippen LogP contribution in [0.4, 0.5) is 0 Å². The maximum Gasteiger partial charge on any atom is 0.225 e. The van der Waals surface area contributed by atoms with Crippen molar-refractivity contribution in [2.24, 2.45) is 17.4 Å². The Morgan fingerprint density at radius 2 is 2.00 bits per heavy atom. The molecule has 0 bridgehead atoms. The van der Waals surface area contributed by atoms with Gasteiger partial charge in [0.25, 0.3) is 0 Å². The average Bonchev–Trinajstić information content (AvgIpc) is 2.05. The Kier molecular flexibility index (Phi) is 2.81. The first-order valence-corrected chi connectivity index (χ1v) is 3.46. The summed E-state index contributed by atoms with van der Waals surface area (Å²) in [7, 11) is 0. The molecule has 4 N–H and O–H groups in total. The lowest BCUT2D eigenvalue weighted by molar-refractivity contribution is -0.195. The van der Waals surface area contributed by atoms with Gasteiger partial charge in [-0.15, -0.1) is 0 Å². The summed E-state index contributed by atoms with van der Waals surface area (Å²) in [5, 5.41) is 0. The van der Waals surface area contributed by atoms with E-state index in [0.29, 0.717) is 19.8 Å². The van der Waals surface area contributed by atoms with Gasteiger partial charge in [0.2, 0.25) is 5.91 Å². The van der Waals surface area contributed by atoms with E-state index in [1.807, 2.05) is 0 Å². The lowest BCUT2D eigenvalue weighted by Gasteiger charge is -2.26. The van der Waals surface area contributed by atoms with Crippen LogP contribution in [0, 0.1) is 5.92 Å². The largest absolute Gasteiger partial charge is 0.369 e. The average molecular weight is 160 g/mol. The highest BCUT2D eigenvalue weighted by molar-refractivity contribution is 5.76. The second-order valence-electron chi connectivity index (χ2n) is 2.43. The zero-order valence-electron chi connectivity index (χ0n) is 6.16. The number of amides is 1. The van der Waals surface area contributed by atoms with Crippen LogP contribution in [0.1, 0.15) is 0 Å². The first-order chi connectivity index (χ1) is 5.24. The molecular formula is C6H12N2O3. The van der Waals surface area contributed by atoms with Crippen molar-refractivity contribution in [3.63, 3.8) is 0 Å². The molecular weight excluding hydrogens is 148 g/mol. The quantitative estimate of drug-likeness (QED) is 0.510. The Bertz CT molecular complexity index is 143. The van der Waals surface area contributed by atoms with Crippen molar-refractivity contribution in [1.29, 1.82) is 0 Å². The van der Waals surface area contributed by atoms with Gasteiger partial charge >= 0.3 is 0 Å². The van der Waals surface area contributed by atoms with Crippen molar-refractivity contribution in [3.05, 3.63) is 0 Å². The molecule has 0 atom stereocenters. The SMILES string of the molecule is NCC1OCC(C(N)=O)CO1. The maximum absolute atomic E-state index is 10.6. The normalized spacial score (nSPS) is 31.7. The van der Waals surface area contributed by atoms with Gasteiger partial charge in [-0.3, -0.25) is 4.79 Å². The molecule has 1 amide bonds. The van der Waals surface area contributed by atoms with E-state index < -0.39 is 0 Å². The van der Waals surface area contributed by atoms with Crippen LogP contribution >= 0.6 is 0 Å². The van der Waals surface area contributed by atoms with Gasteiger partial charge in [0.1, 0.15) is 0 Å². The Balaban J connectivity index is 2.30. The van der Waals surface area contributed by atoms with Crippen LogP contribution in [0.3, 0.4) is 0 Å². The van der Waals surface area contributed by atoms with Crippen LogP contribution < -0.4 is 11.5 Å². The van der Waals surface area contributed by atoms with E-state index in [2.05, 4.69) is 0 Å². The molecule has 0 radical (unpaired) electrons. The monoisotopic (exact) mass is 160 g/mol. The summed E-state index contributed by atoms with van der Waals surface area (Å²) in [4.78, 5) is 10.6. The van der Waals surface area contributed by atoms with Gasteiger partial charge in [-0.25, -0.2) is 0 Å². The summed E-state index contributed by atoms with van der Waals surface area (Å²) < 4.78 is 10.1. The molecule has 0 spiro atoms. The first-order valence-electron chi connectivity index (χ1n) is 3.46. The van der Waals surface area contributed by atoms with Gasteiger partial charge in [-0.05, 0) is 0 Å². The third kappa shape index (κ3) is 2.14. The number of hydrogen-bond acceptors (Lipinski definition) is 4. The number of hydrogen-bond donors (Lipinski definition) is 2. The van der Waals surface area contributed by atoms with Crippen molar-refractivity contribution >= 4 is 5.91 Å². The summed E-state index contributed by atoms with van der Waals surface area (Å²) in [6.07, 6.45) is -0.370. The van der Waals surface area contributed by atoms with Gasteiger partial charge < -0.3 is 20.9 Å². The van der Waals surface area contributed by atoms with Crippen LogP contribution in [0.5, 0.6) is 0 Å². The zero-order chi connectivity index (χ0) is 8.27. The minimum Gasteiger partial charge on any atom is -0.369 e. The highest BCUT2D eigenvalue weighted by Crippen LogP contribution is 2.09. The molecule has 1 rings (SSSR count). The predicted molar refractivity (Wildman–Crippen MR) is 37.4 cm³/mol. The molecule has 0 aliphatic carbocycles. The van der Waals surface area contributed by atoms with Gasteiger partial charge in [0, 0.05) is 6.54 Å². The van der Waals surface area contributed by atoms with Crippen molar-refractivity contribution in [1.82, 2.24) is 0 Å².